The van der Waals surface area contributed by atoms with Gasteiger partial charge in [-0.05, 0) is 44.9 Å². The predicted octanol–water partition coefficient (Wildman–Crippen LogP) is 13.0. The van der Waals surface area contributed by atoms with Gasteiger partial charge in [-0.2, -0.15) is 0 Å². The average molecular weight is 557 g/mol. The normalized spacial score (nSPS) is 12.2. The molecular weight excluding hydrogens is 487 g/mol. The Morgan fingerprint density at radius 1 is 0.421 bits per heavy atom. The average Bonchev–Trinajstić information content (AvgIpc) is 2.92. The van der Waals surface area contributed by atoms with Crippen molar-refractivity contribution in [3.05, 3.63) is 12.2 Å². The van der Waals surface area contributed by atoms with Crippen LogP contribution >= 0.6 is 7.60 Å². The van der Waals surface area contributed by atoms with Crippen LogP contribution in [0.25, 0.3) is 0 Å². The van der Waals surface area contributed by atoms with Crippen LogP contribution < -0.4 is 0 Å². The number of rotatable bonds is 32. The highest BCUT2D eigenvalue weighted by atomic mass is 31.2. The fourth-order valence-electron chi connectivity index (χ4n) is 4.89. The standard InChI is InChI=1S/C34H69O3P/c1-4-7-10-13-16-17-18-19-20-21-22-23-24-25-28-31-34-38(35,36-32-29-26-14-11-8-5-2)37-33-30-27-15-12-9-6-3/h19-20H,4-18,21-34H2,1-3H3. The minimum absolute atomic E-state index is 0.590. The van der Waals surface area contributed by atoms with Gasteiger partial charge in [0.15, 0.2) is 0 Å². The summed E-state index contributed by atoms with van der Waals surface area (Å²) in [4.78, 5) is 0. The molecule has 0 spiro atoms. The Bertz CT molecular complexity index is 498. The first kappa shape index (κ1) is 37.9. The lowest BCUT2D eigenvalue weighted by Crippen LogP contribution is -2.04. The first-order valence-electron chi connectivity index (χ1n) is 17.2. The Morgan fingerprint density at radius 2 is 0.737 bits per heavy atom. The van der Waals surface area contributed by atoms with Crippen molar-refractivity contribution in [2.45, 2.75) is 188 Å². The Hall–Kier alpha value is -0.110. The Morgan fingerprint density at radius 3 is 1.13 bits per heavy atom. The van der Waals surface area contributed by atoms with Crippen LogP contribution in [0.1, 0.15) is 188 Å². The van der Waals surface area contributed by atoms with Gasteiger partial charge in [-0.3, -0.25) is 4.57 Å². The summed E-state index contributed by atoms with van der Waals surface area (Å²) >= 11 is 0. The lowest BCUT2D eigenvalue weighted by Gasteiger charge is -2.19. The van der Waals surface area contributed by atoms with E-state index in [0.717, 1.165) is 25.7 Å². The fraction of sp³-hybridized carbons (Fsp3) is 0.941. The van der Waals surface area contributed by atoms with Crippen LogP contribution in [0, 0.1) is 0 Å². The molecule has 0 atom stereocenters. The Labute approximate surface area is 240 Å². The van der Waals surface area contributed by atoms with Gasteiger partial charge in [-0.1, -0.05) is 155 Å². The molecule has 0 unspecified atom stereocenters. The number of allylic oxidation sites excluding steroid dienone is 2. The van der Waals surface area contributed by atoms with Crippen molar-refractivity contribution in [3.8, 4) is 0 Å². The number of unbranched alkanes of at least 4 members (excludes halogenated alkanes) is 22. The maximum absolute atomic E-state index is 13.4. The van der Waals surface area contributed by atoms with E-state index in [1.54, 1.807) is 0 Å². The van der Waals surface area contributed by atoms with Gasteiger partial charge in [0.25, 0.3) is 0 Å². The van der Waals surface area contributed by atoms with Crippen molar-refractivity contribution in [2.24, 2.45) is 0 Å². The minimum Gasteiger partial charge on any atom is -0.309 e. The molecule has 3 nitrogen and oxygen atoms in total. The molecule has 228 valence electrons. The molecule has 0 saturated carbocycles. The van der Waals surface area contributed by atoms with Crippen LogP contribution in [0.4, 0.5) is 0 Å². The summed E-state index contributed by atoms with van der Waals surface area (Å²) in [6.07, 6.45) is 38.1. The van der Waals surface area contributed by atoms with Crippen molar-refractivity contribution >= 4 is 7.60 Å². The topological polar surface area (TPSA) is 35.5 Å². The van der Waals surface area contributed by atoms with E-state index in [-0.39, 0.29) is 0 Å². The smallest absolute Gasteiger partial charge is 0.309 e. The molecule has 38 heavy (non-hydrogen) atoms. The Balaban J connectivity index is 3.94. The van der Waals surface area contributed by atoms with Crippen LogP contribution in [0.5, 0.6) is 0 Å². The van der Waals surface area contributed by atoms with E-state index in [9.17, 15) is 4.57 Å². The molecule has 0 aliphatic rings. The van der Waals surface area contributed by atoms with E-state index in [4.69, 9.17) is 9.05 Å². The third kappa shape index (κ3) is 28.9. The van der Waals surface area contributed by atoms with Gasteiger partial charge in [-0.25, -0.2) is 0 Å². The monoisotopic (exact) mass is 556 g/mol. The molecule has 0 rings (SSSR count). The molecule has 0 aromatic carbocycles. The summed E-state index contributed by atoms with van der Waals surface area (Å²) in [5, 5.41) is 0. The van der Waals surface area contributed by atoms with E-state index >= 15 is 0 Å². The molecule has 0 bridgehead atoms. The second-order valence-corrected chi connectivity index (χ2v) is 13.7. The third-order valence-corrected chi connectivity index (χ3v) is 9.53. The first-order valence-corrected chi connectivity index (χ1v) is 18.9. The van der Waals surface area contributed by atoms with Crippen LogP contribution in [-0.4, -0.2) is 19.4 Å². The van der Waals surface area contributed by atoms with Crippen molar-refractivity contribution in [1.29, 1.82) is 0 Å². The van der Waals surface area contributed by atoms with Crippen molar-refractivity contribution in [3.63, 3.8) is 0 Å². The van der Waals surface area contributed by atoms with Gasteiger partial charge >= 0.3 is 7.60 Å². The van der Waals surface area contributed by atoms with Crippen LogP contribution in [-0.2, 0) is 13.6 Å². The largest absolute Gasteiger partial charge is 0.330 e. The van der Waals surface area contributed by atoms with Gasteiger partial charge in [0.05, 0.1) is 19.4 Å². The van der Waals surface area contributed by atoms with Gasteiger partial charge in [0, 0.05) is 0 Å². The maximum Gasteiger partial charge on any atom is 0.330 e. The first-order chi connectivity index (χ1) is 18.7. The van der Waals surface area contributed by atoms with Gasteiger partial charge in [0.1, 0.15) is 0 Å². The SMILES string of the molecule is CCCCCCCCC=CCCCCCCCCP(=O)(OCCCCCCCC)OCCCCCCCC. The lowest BCUT2D eigenvalue weighted by atomic mass is 10.1. The van der Waals surface area contributed by atoms with E-state index in [1.165, 1.54) is 141 Å². The van der Waals surface area contributed by atoms with Crippen molar-refractivity contribution in [1.82, 2.24) is 0 Å². The van der Waals surface area contributed by atoms with E-state index < -0.39 is 7.60 Å². The van der Waals surface area contributed by atoms with E-state index in [1.807, 2.05) is 0 Å². The highest BCUT2D eigenvalue weighted by Crippen LogP contribution is 2.49. The molecule has 0 fully saturated rings. The summed E-state index contributed by atoms with van der Waals surface area (Å²) in [5.74, 6) is 0. The summed E-state index contributed by atoms with van der Waals surface area (Å²) in [6, 6.07) is 0. The molecule has 0 N–H and O–H groups in total. The zero-order valence-corrected chi connectivity index (χ0v) is 27.2. The molecular formula is C34H69O3P. The van der Waals surface area contributed by atoms with E-state index in [0.29, 0.717) is 19.4 Å². The predicted molar refractivity (Wildman–Crippen MR) is 171 cm³/mol. The maximum atomic E-state index is 13.4. The second-order valence-electron chi connectivity index (χ2n) is 11.5. The third-order valence-electron chi connectivity index (χ3n) is 7.52. The summed E-state index contributed by atoms with van der Waals surface area (Å²) in [5.41, 5.74) is 0. The van der Waals surface area contributed by atoms with Gasteiger partial charge in [-0.15, -0.1) is 0 Å². The molecule has 0 aliphatic carbocycles. The molecule has 0 saturated heterocycles. The summed E-state index contributed by atoms with van der Waals surface area (Å²) in [6.45, 7) is 7.95. The molecule has 0 aromatic rings. The summed E-state index contributed by atoms with van der Waals surface area (Å²) < 4.78 is 25.2. The zero-order valence-electron chi connectivity index (χ0n) is 26.3. The fourth-order valence-corrected chi connectivity index (χ4v) is 6.65. The van der Waals surface area contributed by atoms with Crippen LogP contribution in [0.15, 0.2) is 12.2 Å². The molecule has 0 heterocycles. The number of hydrogen-bond donors (Lipinski definition) is 0. The Kier molecular flexibility index (Phi) is 31.3. The molecule has 0 amide bonds. The van der Waals surface area contributed by atoms with Crippen molar-refractivity contribution < 1.29 is 13.6 Å². The van der Waals surface area contributed by atoms with Crippen LogP contribution in [0.2, 0.25) is 0 Å². The minimum atomic E-state index is -2.94. The quantitative estimate of drug-likeness (QED) is 0.0469. The van der Waals surface area contributed by atoms with Gasteiger partial charge < -0.3 is 9.05 Å². The van der Waals surface area contributed by atoms with Crippen LogP contribution in [0.3, 0.4) is 0 Å². The molecule has 4 heteroatoms. The lowest BCUT2D eigenvalue weighted by molar-refractivity contribution is 0.197. The van der Waals surface area contributed by atoms with E-state index in [2.05, 4.69) is 32.9 Å². The molecule has 0 radical (unpaired) electrons. The molecule has 0 aromatic heterocycles. The second kappa shape index (κ2) is 31.4. The van der Waals surface area contributed by atoms with Crippen molar-refractivity contribution in [2.75, 3.05) is 19.4 Å². The number of hydrogen-bond acceptors (Lipinski definition) is 3. The molecule has 0 aliphatic heterocycles. The summed E-state index contributed by atoms with van der Waals surface area (Å²) in [7, 11) is -2.94. The zero-order chi connectivity index (χ0) is 27.8. The highest BCUT2D eigenvalue weighted by molar-refractivity contribution is 7.53. The highest BCUT2D eigenvalue weighted by Gasteiger charge is 2.23. The van der Waals surface area contributed by atoms with Gasteiger partial charge in [0.2, 0.25) is 0 Å².